The maximum Gasteiger partial charge on any atom is 0.344 e. The highest BCUT2D eigenvalue weighted by Crippen LogP contribution is 2.33. The Kier molecular flexibility index (Phi) is 7.21. The molecule has 0 bridgehead atoms. The minimum Gasteiger partial charge on any atom is -0.493 e. The fourth-order valence-electron chi connectivity index (χ4n) is 2.40. The molecule has 148 valence electrons. The van der Waals surface area contributed by atoms with Crippen LogP contribution in [0.1, 0.15) is 36.7 Å². The minimum atomic E-state index is -1.05. The van der Waals surface area contributed by atoms with Crippen LogP contribution in [0, 0.1) is 0 Å². The van der Waals surface area contributed by atoms with Gasteiger partial charge >= 0.3 is 5.97 Å². The van der Waals surface area contributed by atoms with Crippen LogP contribution in [-0.4, -0.2) is 36.2 Å². The Morgan fingerprint density at radius 1 is 1.00 bits per heavy atom. The minimum absolute atomic E-state index is 0.0418. The third-order valence-corrected chi connectivity index (χ3v) is 3.80. The number of rotatable bonds is 9. The van der Waals surface area contributed by atoms with Crippen LogP contribution in [0.2, 0.25) is 0 Å². The number of ketones is 1. The van der Waals surface area contributed by atoms with Crippen molar-refractivity contribution in [1.29, 1.82) is 0 Å². The summed E-state index contributed by atoms with van der Waals surface area (Å²) in [6.07, 6.45) is 2.13. The van der Waals surface area contributed by atoms with Crippen LogP contribution in [-0.2, 0) is 4.79 Å². The summed E-state index contributed by atoms with van der Waals surface area (Å²) in [6, 6.07) is 11.8. The standard InChI is InChI=1S/C22H24O6/c1-14(2)27-21-17(6-5-7-20(21)26-4)10-13-19(23)16-8-11-18(12-9-16)28-15(3)22(24)25/h5-15H,1-4H3,(H,24,25)/b13-10+. The molecule has 0 aliphatic rings. The van der Waals surface area contributed by atoms with E-state index >= 15 is 0 Å². The molecule has 28 heavy (non-hydrogen) atoms. The van der Waals surface area contributed by atoms with E-state index in [0.29, 0.717) is 22.8 Å². The second kappa shape index (κ2) is 9.60. The van der Waals surface area contributed by atoms with E-state index in [1.54, 1.807) is 43.5 Å². The molecule has 6 heteroatoms. The largest absolute Gasteiger partial charge is 0.493 e. The van der Waals surface area contributed by atoms with Crippen LogP contribution in [0.15, 0.2) is 48.5 Å². The molecule has 0 spiro atoms. The monoisotopic (exact) mass is 384 g/mol. The number of aliphatic carboxylic acids is 1. The van der Waals surface area contributed by atoms with Crippen LogP contribution >= 0.6 is 0 Å². The van der Waals surface area contributed by atoms with Gasteiger partial charge in [0.2, 0.25) is 0 Å². The third-order valence-electron chi connectivity index (χ3n) is 3.80. The molecular formula is C22H24O6. The molecule has 1 unspecified atom stereocenters. The molecule has 1 atom stereocenters. The molecule has 0 fully saturated rings. The fraction of sp³-hybridized carbons (Fsp3) is 0.273. The SMILES string of the molecule is COc1cccc(/C=C/C(=O)c2ccc(OC(C)C(=O)O)cc2)c1OC(C)C. The number of carbonyl (C=O) groups excluding carboxylic acids is 1. The molecule has 2 aromatic rings. The molecule has 0 saturated carbocycles. The third kappa shape index (κ3) is 5.61. The summed E-state index contributed by atoms with van der Waals surface area (Å²) in [5, 5.41) is 8.87. The molecule has 2 aromatic carbocycles. The Balaban J connectivity index is 2.16. The fourth-order valence-corrected chi connectivity index (χ4v) is 2.40. The van der Waals surface area contributed by atoms with Crippen molar-refractivity contribution < 1.29 is 28.9 Å². The summed E-state index contributed by atoms with van der Waals surface area (Å²) >= 11 is 0. The first-order valence-electron chi connectivity index (χ1n) is 8.87. The quantitative estimate of drug-likeness (QED) is 0.515. The lowest BCUT2D eigenvalue weighted by atomic mass is 10.1. The Labute approximate surface area is 164 Å². The lowest BCUT2D eigenvalue weighted by molar-refractivity contribution is -0.144. The van der Waals surface area contributed by atoms with Gasteiger partial charge in [0.25, 0.3) is 0 Å². The van der Waals surface area contributed by atoms with Gasteiger partial charge < -0.3 is 19.3 Å². The lowest BCUT2D eigenvalue weighted by Gasteiger charge is -2.15. The summed E-state index contributed by atoms with van der Waals surface area (Å²) in [6.45, 7) is 5.27. The van der Waals surface area contributed by atoms with E-state index in [-0.39, 0.29) is 11.9 Å². The normalized spacial score (nSPS) is 12.0. The molecule has 0 aliphatic carbocycles. The summed E-state index contributed by atoms with van der Waals surface area (Å²) in [5.41, 5.74) is 1.19. The summed E-state index contributed by atoms with van der Waals surface area (Å²) in [4.78, 5) is 23.3. The van der Waals surface area contributed by atoms with Gasteiger partial charge in [-0.1, -0.05) is 12.1 Å². The number of benzene rings is 2. The first-order valence-corrected chi connectivity index (χ1v) is 8.87. The Hall–Kier alpha value is -3.28. The number of hydrogen-bond acceptors (Lipinski definition) is 5. The number of ether oxygens (including phenoxy) is 3. The van der Waals surface area contributed by atoms with Gasteiger partial charge in [-0.3, -0.25) is 4.79 Å². The number of methoxy groups -OCH3 is 1. The van der Waals surface area contributed by atoms with Crippen molar-refractivity contribution in [3.05, 3.63) is 59.7 Å². The van der Waals surface area contributed by atoms with Gasteiger partial charge in [-0.05, 0) is 63.3 Å². The molecule has 0 saturated heterocycles. The molecule has 6 nitrogen and oxygen atoms in total. The Morgan fingerprint density at radius 2 is 1.68 bits per heavy atom. The van der Waals surface area contributed by atoms with Crippen LogP contribution in [0.25, 0.3) is 6.08 Å². The highest BCUT2D eigenvalue weighted by molar-refractivity contribution is 6.07. The van der Waals surface area contributed by atoms with Crippen molar-refractivity contribution in [3.63, 3.8) is 0 Å². The average Bonchev–Trinajstić information content (AvgIpc) is 2.66. The van der Waals surface area contributed by atoms with E-state index in [1.165, 1.54) is 13.0 Å². The zero-order valence-corrected chi connectivity index (χ0v) is 16.3. The molecule has 0 aromatic heterocycles. The van der Waals surface area contributed by atoms with Crippen molar-refractivity contribution in [2.45, 2.75) is 33.0 Å². The maximum atomic E-state index is 12.5. The summed E-state index contributed by atoms with van der Waals surface area (Å²) in [7, 11) is 1.57. The van der Waals surface area contributed by atoms with Crippen molar-refractivity contribution >= 4 is 17.8 Å². The molecular weight excluding hydrogens is 360 g/mol. The van der Waals surface area contributed by atoms with E-state index in [1.807, 2.05) is 26.0 Å². The molecule has 0 aliphatic heterocycles. The van der Waals surface area contributed by atoms with Gasteiger partial charge in [0.05, 0.1) is 13.2 Å². The zero-order chi connectivity index (χ0) is 20.7. The van der Waals surface area contributed by atoms with E-state index < -0.39 is 12.1 Å². The van der Waals surface area contributed by atoms with E-state index in [2.05, 4.69) is 0 Å². The Bertz CT molecular complexity index is 852. The smallest absolute Gasteiger partial charge is 0.344 e. The van der Waals surface area contributed by atoms with Crippen molar-refractivity contribution in [1.82, 2.24) is 0 Å². The number of hydrogen-bond donors (Lipinski definition) is 1. The second-order valence-corrected chi connectivity index (χ2v) is 6.37. The van der Waals surface area contributed by atoms with Crippen LogP contribution in [0.5, 0.6) is 17.2 Å². The lowest BCUT2D eigenvalue weighted by Crippen LogP contribution is -2.22. The maximum absolute atomic E-state index is 12.5. The molecule has 1 N–H and O–H groups in total. The number of para-hydroxylation sites is 1. The molecule has 0 amide bonds. The van der Waals surface area contributed by atoms with Crippen LogP contribution in [0.3, 0.4) is 0 Å². The van der Waals surface area contributed by atoms with Gasteiger partial charge in [0, 0.05) is 11.1 Å². The summed E-state index contributed by atoms with van der Waals surface area (Å²) in [5.74, 6) is 0.306. The number of carboxylic acid groups (broad SMARTS) is 1. The van der Waals surface area contributed by atoms with Gasteiger partial charge in [-0.2, -0.15) is 0 Å². The van der Waals surface area contributed by atoms with E-state index in [4.69, 9.17) is 19.3 Å². The number of carbonyl (C=O) groups is 2. The van der Waals surface area contributed by atoms with Crippen LogP contribution < -0.4 is 14.2 Å². The number of allylic oxidation sites excluding steroid dienone is 1. The Morgan fingerprint density at radius 3 is 2.25 bits per heavy atom. The second-order valence-electron chi connectivity index (χ2n) is 6.37. The first kappa shape index (κ1) is 21.0. The highest BCUT2D eigenvalue weighted by Gasteiger charge is 2.13. The van der Waals surface area contributed by atoms with Crippen molar-refractivity contribution in [3.8, 4) is 17.2 Å². The molecule has 0 radical (unpaired) electrons. The van der Waals surface area contributed by atoms with E-state index in [0.717, 1.165) is 5.56 Å². The highest BCUT2D eigenvalue weighted by atomic mass is 16.5. The van der Waals surface area contributed by atoms with Gasteiger partial charge in [-0.15, -0.1) is 0 Å². The summed E-state index contributed by atoms with van der Waals surface area (Å²) < 4.78 is 16.4. The van der Waals surface area contributed by atoms with Gasteiger partial charge in [0.15, 0.2) is 23.4 Å². The van der Waals surface area contributed by atoms with Crippen molar-refractivity contribution in [2.75, 3.05) is 7.11 Å². The van der Waals surface area contributed by atoms with Crippen LogP contribution in [0.4, 0.5) is 0 Å². The van der Waals surface area contributed by atoms with Gasteiger partial charge in [0.1, 0.15) is 5.75 Å². The molecule has 2 rings (SSSR count). The predicted octanol–water partition coefficient (Wildman–Crippen LogP) is 4.23. The van der Waals surface area contributed by atoms with Crippen molar-refractivity contribution in [2.24, 2.45) is 0 Å². The zero-order valence-electron chi connectivity index (χ0n) is 16.3. The number of carboxylic acids is 1. The van der Waals surface area contributed by atoms with E-state index in [9.17, 15) is 9.59 Å². The van der Waals surface area contributed by atoms with Gasteiger partial charge in [-0.25, -0.2) is 4.79 Å². The predicted molar refractivity (Wildman–Crippen MR) is 106 cm³/mol. The first-order chi connectivity index (χ1) is 13.3. The molecule has 0 heterocycles. The average molecular weight is 384 g/mol. The topological polar surface area (TPSA) is 82.1 Å².